The molecule has 1 fully saturated rings. The van der Waals surface area contributed by atoms with Crippen LogP contribution in [0, 0.1) is 11.8 Å². The summed E-state index contributed by atoms with van der Waals surface area (Å²) in [6.07, 6.45) is 3.95. The number of phenols is 1. The number of carboxylic acid groups (broad SMARTS) is 11. The Bertz CT molecular complexity index is 2220. The Morgan fingerprint density at radius 1 is 0.528 bits per heavy atom. The molecule has 0 bridgehead atoms. The molecule has 0 aromatic heterocycles. The first-order valence-corrected chi connectivity index (χ1v) is 26.6. The lowest BCUT2D eigenvalue weighted by atomic mass is 10.1. The number of hydrogen-bond donors (Lipinski definition) is 26. The molecule has 0 amide bonds. The van der Waals surface area contributed by atoms with Crippen LogP contribution in [0.25, 0.3) is 0 Å². The quantitative estimate of drug-likeness (QED) is 0.0215. The van der Waals surface area contributed by atoms with Gasteiger partial charge in [-0.3, -0.25) is 57.7 Å². The lowest BCUT2D eigenvalue weighted by Gasteiger charge is -2.07. The summed E-state index contributed by atoms with van der Waals surface area (Å²) in [6, 6.07) is 10.7. The van der Waals surface area contributed by atoms with Crippen molar-refractivity contribution in [1.29, 1.82) is 0 Å². The van der Waals surface area contributed by atoms with Crippen molar-refractivity contribution in [3.05, 3.63) is 65.7 Å². The lowest BCUT2D eigenvalue weighted by molar-refractivity contribution is -0.140. The summed E-state index contributed by atoms with van der Waals surface area (Å²) in [7, 11) is 0. The van der Waals surface area contributed by atoms with Crippen LogP contribution in [0.15, 0.2) is 59.6 Å². The third-order valence-electron chi connectivity index (χ3n) is 9.23. The topological polar surface area (TPSA) is 767 Å². The normalized spacial score (nSPS) is 13.0. The van der Waals surface area contributed by atoms with Crippen LogP contribution in [0.2, 0.25) is 0 Å². The number of rotatable bonds is 23. The van der Waals surface area contributed by atoms with E-state index in [-0.39, 0.29) is 62.0 Å². The summed E-state index contributed by atoms with van der Waals surface area (Å²) >= 11 is 3.65. The number of carboxylic acids is 11. The third-order valence-corrected chi connectivity index (χ3v) is 9.62. The van der Waals surface area contributed by atoms with Crippen molar-refractivity contribution in [3.8, 4) is 5.75 Å². The van der Waals surface area contributed by atoms with E-state index >= 15 is 0 Å². The zero-order valence-corrected chi connectivity index (χ0v) is 50.9. The minimum Gasteiger partial charge on any atom is -0.508 e. The fraction of sp³-hybridized carbons (Fsp3) is 0.529. The van der Waals surface area contributed by atoms with E-state index in [0.717, 1.165) is 30.5 Å². The first kappa shape index (κ1) is 96.9. The van der Waals surface area contributed by atoms with E-state index < -0.39 is 102 Å². The lowest BCUT2D eigenvalue weighted by Crippen LogP contribution is -2.34. The van der Waals surface area contributed by atoms with Crippen molar-refractivity contribution in [2.75, 3.05) is 45.0 Å². The molecule has 1 saturated heterocycles. The molecule has 0 saturated carbocycles. The van der Waals surface area contributed by atoms with Gasteiger partial charge in [0.25, 0.3) is 0 Å². The van der Waals surface area contributed by atoms with Crippen LogP contribution in [0.3, 0.4) is 0 Å². The van der Waals surface area contributed by atoms with Crippen LogP contribution in [0.4, 0.5) is 0 Å². The zero-order chi connectivity index (χ0) is 71.5. The van der Waals surface area contributed by atoms with Crippen molar-refractivity contribution in [2.24, 2.45) is 85.6 Å². The van der Waals surface area contributed by atoms with E-state index in [0.29, 0.717) is 38.1 Å². The Morgan fingerprint density at radius 2 is 0.876 bits per heavy atom. The molecule has 1 aliphatic rings. The van der Waals surface area contributed by atoms with E-state index in [2.05, 4.69) is 45.9 Å². The van der Waals surface area contributed by atoms with Crippen molar-refractivity contribution < 1.29 is 114 Å². The number of nitrogens with one attached hydrogen (secondary N) is 1. The molecule has 2 aromatic rings. The average Bonchev–Trinajstić information content (AvgIpc) is 4.02. The molecule has 37 N–H and O–H groups in total. The number of benzene rings is 2. The molecule has 0 aliphatic carbocycles. The summed E-state index contributed by atoms with van der Waals surface area (Å²) in [4.78, 5) is 112. The molecular formula is C51H96N14O23S. The Morgan fingerprint density at radius 3 is 1.08 bits per heavy atom. The van der Waals surface area contributed by atoms with Gasteiger partial charge in [-0.05, 0) is 86.6 Å². The predicted octanol–water partition coefficient (Wildman–Crippen LogP) is -4.79. The van der Waals surface area contributed by atoms with Gasteiger partial charge in [-0.1, -0.05) is 70.2 Å². The minimum atomic E-state index is -1.02. The van der Waals surface area contributed by atoms with Crippen LogP contribution in [-0.4, -0.2) is 220 Å². The standard InChI is InChI=1S/C9H11NO3.C9H11NO2.C6H14N4O2.C6H13NO2.C5H9NO2.C5H11NO2.C3H7NO2S.4C2H5NO2/c10-8(9(12)13)5-6-1-3-7(11)4-2-6;10-8(9(11)12)6-7-4-2-1-3-5-7;7-4(5(11)12)2-1-3-10-6(8)9;1-4(2)3-5(7)6(8)9;7-5(8)4-2-1-3-6-4;1-3(2)4(6)5(7)8;4-2(1-7)3(5)6;4*3-1-2(4)5/h1-4,8,11H,5,10H2,(H,12,13);1-5,8H,6,10H2,(H,11,12);4H,1-3,7H2,(H,11,12)(H4,8,9,10);4-5H,3,7H2,1-2H3,(H,8,9);4,6H,1-3H2,(H,7,8);3-4H,6H2,1-2H3,(H,7,8);2,7H,1,4H2,(H,5,6);4*1,3H2,(H,4,5)/t2*8-;4-;5-;2*4-;2-;;;;/m0000000..../s1. The van der Waals surface area contributed by atoms with Gasteiger partial charge in [-0.2, -0.15) is 12.6 Å². The Hall–Kier alpha value is -8.41. The number of aliphatic carboxylic acids is 11. The number of nitrogens with two attached hydrogens (primary N) is 12. The Kier molecular flexibility index (Phi) is 68.2. The summed E-state index contributed by atoms with van der Waals surface area (Å²) < 4.78 is 0. The molecule has 37 nitrogen and oxygen atoms in total. The second-order valence-electron chi connectivity index (χ2n) is 18.0. The third kappa shape index (κ3) is 79.6. The molecule has 38 heteroatoms. The number of aliphatic imine (C=N–C) groups is 1. The van der Waals surface area contributed by atoms with Crippen LogP contribution in [-0.2, 0) is 65.6 Å². The molecule has 0 radical (unpaired) electrons. The van der Waals surface area contributed by atoms with Gasteiger partial charge in [0.05, 0.1) is 26.2 Å². The van der Waals surface area contributed by atoms with Gasteiger partial charge in [0, 0.05) is 12.3 Å². The highest BCUT2D eigenvalue weighted by Gasteiger charge is 2.20. The van der Waals surface area contributed by atoms with Gasteiger partial charge in [0.15, 0.2) is 5.96 Å². The SMILES string of the molecule is CC(C)C[C@H](N)C(=O)O.CC(C)[C@H](N)C(=O)O.NC(N)=NCCC[C@H](N)C(=O)O.NCC(=O)O.NCC(=O)O.NCC(=O)O.NCC(=O)O.N[C@@H](CS)C(=O)O.N[C@@H](Cc1ccc(O)cc1)C(=O)O.N[C@@H](Cc1ccccc1)C(=O)O.O=C(O)[C@@H]1CCCN1. The fourth-order valence-electron chi connectivity index (χ4n) is 4.44. The van der Waals surface area contributed by atoms with E-state index in [9.17, 15) is 52.7 Å². The molecule has 2 aromatic carbocycles. The van der Waals surface area contributed by atoms with Crippen LogP contribution in [0.5, 0.6) is 5.75 Å². The van der Waals surface area contributed by atoms with Gasteiger partial charge >= 0.3 is 65.7 Å². The van der Waals surface area contributed by atoms with E-state index in [1.54, 1.807) is 26.0 Å². The molecule has 7 atom stereocenters. The van der Waals surface area contributed by atoms with E-state index in [4.69, 9.17) is 107 Å². The van der Waals surface area contributed by atoms with Crippen molar-refractivity contribution in [2.45, 2.75) is 115 Å². The van der Waals surface area contributed by atoms with Gasteiger partial charge in [0.1, 0.15) is 48.0 Å². The monoisotopic (exact) mass is 1300 g/mol. The number of carbonyl (C=O) groups is 11. The molecule has 3 rings (SSSR count). The Balaban J connectivity index is -0.000000138. The van der Waals surface area contributed by atoms with E-state index in [1.165, 1.54) is 12.1 Å². The van der Waals surface area contributed by atoms with Gasteiger partial charge in [0.2, 0.25) is 0 Å². The summed E-state index contributed by atoms with van der Waals surface area (Å²) in [5, 5.41) is 101. The summed E-state index contributed by atoms with van der Waals surface area (Å²) in [5.41, 5.74) is 61.3. The number of thiol groups is 1. The first-order chi connectivity index (χ1) is 41.0. The number of guanidine groups is 1. The van der Waals surface area contributed by atoms with Crippen LogP contribution >= 0.6 is 12.6 Å². The first-order valence-electron chi connectivity index (χ1n) is 26.0. The fourth-order valence-corrected chi connectivity index (χ4v) is 4.59. The number of hydrogen-bond acceptors (Lipinski definition) is 25. The Labute approximate surface area is 519 Å². The number of aromatic hydroxyl groups is 1. The molecule has 0 unspecified atom stereocenters. The largest absolute Gasteiger partial charge is 0.508 e. The maximum absolute atomic E-state index is 10.4. The zero-order valence-electron chi connectivity index (χ0n) is 50.0. The predicted molar refractivity (Wildman–Crippen MR) is 329 cm³/mol. The van der Waals surface area contributed by atoms with Gasteiger partial charge < -0.3 is 135 Å². The van der Waals surface area contributed by atoms with Crippen LogP contribution in [0.1, 0.15) is 70.9 Å². The van der Waals surface area contributed by atoms with Gasteiger partial charge in [-0.15, -0.1) is 0 Å². The molecule has 0 spiro atoms. The molecule has 1 heterocycles. The summed E-state index contributed by atoms with van der Waals surface area (Å²) in [6.45, 7) is 7.61. The number of nitrogens with zero attached hydrogens (tertiary/aromatic N) is 1. The molecule has 89 heavy (non-hydrogen) atoms. The average molecular weight is 1310 g/mol. The van der Waals surface area contributed by atoms with E-state index in [1.807, 2.05) is 44.2 Å². The highest BCUT2D eigenvalue weighted by Crippen LogP contribution is 2.11. The maximum Gasteiger partial charge on any atom is 0.321 e. The highest BCUT2D eigenvalue weighted by atomic mass is 32.1. The van der Waals surface area contributed by atoms with Crippen LogP contribution < -0.4 is 74.1 Å². The molecule has 1 aliphatic heterocycles. The maximum atomic E-state index is 10.4. The second kappa shape index (κ2) is 62.6. The van der Waals surface area contributed by atoms with Gasteiger partial charge in [-0.25, -0.2) is 0 Å². The highest BCUT2D eigenvalue weighted by molar-refractivity contribution is 7.80. The molecular weight excluding hydrogens is 1210 g/mol. The van der Waals surface area contributed by atoms with Crippen molar-refractivity contribution in [3.63, 3.8) is 0 Å². The second-order valence-corrected chi connectivity index (χ2v) is 18.4. The number of phenolic OH excluding ortho intramolecular Hbond substituents is 1. The summed E-state index contributed by atoms with van der Waals surface area (Å²) in [5.74, 6) is -9.68. The molecule has 514 valence electrons. The van der Waals surface area contributed by atoms with Crippen molar-refractivity contribution in [1.82, 2.24) is 5.32 Å². The minimum absolute atomic E-state index is 0.0129. The smallest absolute Gasteiger partial charge is 0.321 e. The van der Waals surface area contributed by atoms with Crippen molar-refractivity contribution >= 4 is 84.3 Å².